The summed E-state index contributed by atoms with van der Waals surface area (Å²) in [5.41, 5.74) is 2.56. The molecule has 4 rings (SSSR count). The second-order valence-corrected chi connectivity index (χ2v) is 7.62. The summed E-state index contributed by atoms with van der Waals surface area (Å²) in [6.07, 6.45) is 6.06. The van der Waals surface area contributed by atoms with Crippen molar-refractivity contribution in [2.24, 2.45) is 7.05 Å². The topological polar surface area (TPSA) is 62.2 Å². The van der Waals surface area contributed by atoms with Crippen LogP contribution in [0, 0.1) is 5.82 Å². The van der Waals surface area contributed by atoms with Crippen LogP contribution in [0.2, 0.25) is 0 Å². The van der Waals surface area contributed by atoms with E-state index in [-0.39, 0.29) is 30.2 Å². The zero-order chi connectivity index (χ0) is 21.1. The van der Waals surface area contributed by atoms with Crippen molar-refractivity contribution in [3.63, 3.8) is 0 Å². The van der Waals surface area contributed by atoms with E-state index in [1.807, 2.05) is 40.9 Å². The lowest BCUT2D eigenvalue weighted by Gasteiger charge is -2.27. The van der Waals surface area contributed by atoms with Crippen molar-refractivity contribution in [1.82, 2.24) is 19.8 Å². The van der Waals surface area contributed by atoms with Crippen LogP contribution in [0.15, 0.2) is 67.1 Å². The summed E-state index contributed by atoms with van der Waals surface area (Å²) in [7, 11) is 1.97. The molecule has 1 aliphatic heterocycles. The minimum Gasteiger partial charge on any atom is -0.357 e. The summed E-state index contributed by atoms with van der Waals surface area (Å²) < 4.78 is 15.0. The number of carbonyl (C=O) groups is 1. The molecule has 3 aromatic rings. The van der Waals surface area contributed by atoms with Gasteiger partial charge in [0.25, 0.3) is 0 Å². The standard InChI is InChI=1S/C22H22FN5OS/c1-27-12-9-15(14-27)21-20(18-4-2-3-11-24-18)26-22(30)28(21)13-10-19(29)25-17-7-5-16(23)6-8-17/h2-9,11-12,14,20-21H,10,13H2,1H3,(H,25,29)(H,26,30)/t20-,21+/m0/s1. The zero-order valence-corrected chi connectivity index (χ0v) is 17.3. The maximum absolute atomic E-state index is 13.1. The smallest absolute Gasteiger partial charge is 0.226 e. The highest BCUT2D eigenvalue weighted by Gasteiger charge is 2.40. The van der Waals surface area contributed by atoms with Crippen LogP contribution in [0.5, 0.6) is 0 Å². The highest BCUT2D eigenvalue weighted by atomic mass is 32.1. The van der Waals surface area contributed by atoms with E-state index in [0.717, 1.165) is 11.3 Å². The van der Waals surface area contributed by atoms with Crippen LogP contribution < -0.4 is 10.6 Å². The van der Waals surface area contributed by atoms with Crippen molar-refractivity contribution in [2.75, 3.05) is 11.9 Å². The van der Waals surface area contributed by atoms with Gasteiger partial charge >= 0.3 is 0 Å². The summed E-state index contributed by atoms with van der Waals surface area (Å²) in [6.45, 7) is 0.446. The van der Waals surface area contributed by atoms with Crippen LogP contribution in [0.25, 0.3) is 0 Å². The van der Waals surface area contributed by atoms with Gasteiger partial charge in [0, 0.05) is 44.3 Å². The third-order valence-electron chi connectivity index (χ3n) is 5.10. The third kappa shape index (κ3) is 4.33. The molecule has 3 heterocycles. The molecule has 0 saturated carbocycles. The first-order valence-corrected chi connectivity index (χ1v) is 10.1. The van der Waals surface area contributed by atoms with Crippen molar-refractivity contribution in [1.29, 1.82) is 0 Å². The van der Waals surface area contributed by atoms with Gasteiger partial charge in [-0.25, -0.2) is 4.39 Å². The van der Waals surface area contributed by atoms with Crippen molar-refractivity contribution in [3.05, 3.63) is 84.2 Å². The van der Waals surface area contributed by atoms with E-state index in [4.69, 9.17) is 12.2 Å². The van der Waals surface area contributed by atoms with Gasteiger partial charge in [-0.15, -0.1) is 0 Å². The molecule has 1 saturated heterocycles. The summed E-state index contributed by atoms with van der Waals surface area (Å²) in [5, 5.41) is 6.76. The fourth-order valence-electron chi connectivity index (χ4n) is 3.69. The largest absolute Gasteiger partial charge is 0.357 e. The monoisotopic (exact) mass is 423 g/mol. The first-order valence-electron chi connectivity index (χ1n) is 9.66. The van der Waals surface area contributed by atoms with Crippen molar-refractivity contribution < 1.29 is 9.18 Å². The summed E-state index contributed by atoms with van der Waals surface area (Å²) >= 11 is 5.60. The molecule has 154 valence electrons. The van der Waals surface area contributed by atoms with Gasteiger partial charge in [-0.3, -0.25) is 9.78 Å². The van der Waals surface area contributed by atoms with Gasteiger partial charge in [0.15, 0.2) is 5.11 Å². The number of hydrogen-bond acceptors (Lipinski definition) is 3. The number of hydrogen-bond donors (Lipinski definition) is 2. The van der Waals surface area contributed by atoms with Gasteiger partial charge in [-0.1, -0.05) is 6.07 Å². The number of aromatic nitrogens is 2. The van der Waals surface area contributed by atoms with E-state index in [9.17, 15) is 9.18 Å². The number of rotatable bonds is 6. The molecule has 2 N–H and O–H groups in total. The second kappa shape index (κ2) is 8.62. The Bertz CT molecular complexity index is 1040. The number of thiocarbonyl (C=S) groups is 1. The van der Waals surface area contributed by atoms with Crippen LogP contribution >= 0.6 is 12.2 Å². The molecule has 1 aromatic carbocycles. The minimum absolute atomic E-state index is 0.0766. The highest BCUT2D eigenvalue weighted by molar-refractivity contribution is 7.80. The predicted octanol–water partition coefficient (Wildman–Crippen LogP) is 3.56. The fraction of sp³-hybridized carbons (Fsp3) is 0.227. The first-order chi connectivity index (χ1) is 14.5. The number of aryl methyl sites for hydroxylation is 1. The SMILES string of the molecule is Cn1ccc([C@@H]2[C@H](c3ccccn3)NC(=S)N2CCC(=O)Nc2ccc(F)cc2)c1. The van der Waals surface area contributed by atoms with Gasteiger partial charge in [-0.2, -0.15) is 0 Å². The molecule has 6 nitrogen and oxygen atoms in total. The highest BCUT2D eigenvalue weighted by Crippen LogP contribution is 2.38. The fourth-order valence-corrected chi connectivity index (χ4v) is 4.02. The molecule has 2 aromatic heterocycles. The predicted molar refractivity (Wildman–Crippen MR) is 117 cm³/mol. The normalized spacial score (nSPS) is 18.3. The average molecular weight is 424 g/mol. The van der Waals surface area contributed by atoms with Gasteiger partial charge in [-0.05, 0) is 60.2 Å². The molecular formula is C22H22FN5OS. The first kappa shape index (κ1) is 20.0. The molecule has 0 bridgehead atoms. The Morgan fingerprint density at radius 1 is 1.23 bits per heavy atom. The number of halogens is 1. The molecule has 0 radical (unpaired) electrons. The van der Waals surface area contributed by atoms with Crippen molar-refractivity contribution in [3.8, 4) is 0 Å². The van der Waals surface area contributed by atoms with Crippen LogP contribution in [0.3, 0.4) is 0 Å². The Balaban J connectivity index is 1.51. The van der Waals surface area contributed by atoms with Gasteiger partial charge in [0.2, 0.25) is 5.91 Å². The maximum Gasteiger partial charge on any atom is 0.226 e. The Kier molecular flexibility index (Phi) is 5.76. The lowest BCUT2D eigenvalue weighted by Crippen LogP contribution is -2.32. The number of benzene rings is 1. The number of carbonyl (C=O) groups excluding carboxylic acids is 1. The Morgan fingerprint density at radius 3 is 2.70 bits per heavy atom. The number of nitrogens with one attached hydrogen (secondary N) is 2. The molecule has 30 heavy (non-hydrogen) atoms. The zero-order valence-electron chi connectivity index (χ0n) is 16.5. The number of nitrogens with zero attached hydrogens (tertiary/aromatic N) is 3. The summed E-state index contributed by atoms with van der Waals surface area (Å²) in [4.78, 5) is 19.0. The maximum atomic E-state index is 13.1. The molecule has 0 aliphatic carbocycles. The molecule has 1 aliphatic rings. The molecular weight excluding hydrogens is 401 g/mol. The minimum atomic E-state index is -0.340. The summed E-state index contributed by atoms with van der Waals surface area (Å²) in [6, 6.07) is 13.4. The van der Waals surface area contributed by atoms with Gasteiger partial charge < -0.3 is 20.1 Å². The van der Waals surface area contributed by atoms with E-state index < -0.39 is 0 Å². The molecule has 8 heteroatoms. The van der Waals surface area contributed by atoms with Crippen LogP contribution in [-0.4, -0.2) is 32.0 Å². The van der Waals surface area contributed by atoms with Crippen molar-refractivity contribution >= 4 is 28.9 Å². The van der Waals surface area contributed by atoms with Crippen molar-refractivity contribution in [2.45, 2.75) is 18.5 Å². The number of pyridine rings is 1. The molecule has 0 unspecified atom stereocenters. The van der Waals surface area contributed by atoms with Gasteiger partial charge in [0.05, 0.1) is 17.8 Å². The van der Waals surface area contributed by atoms with E-state index in [1.165, 1.54) is 12.1 Å². The molecule has 1 amide bonds. The third-order valence-corrected chi connectivity index (χ3v) is 5.45. The Morgan fingerprint density at radius 2 is 2.03 bits per heavy atom. The van der Waals surface area contributed by atoms with E-state index >= 15 is 0 Å². The van der Waals surface area contributed by atoms with Gasteiger partial charge in [0.1, 0.15) is 5.82 Å². The van der Waals surface area contributed by atoms with Crippen LogP contribution in [0.4, 0.5) is 10.1 Å². The lowest BCUT2D eigenvalue weighted by atomic mass is 9.99. The second-order valence-electron chi connectivity index (χ2n) is 7.24. The molecule has 0 spiro atoms. The Hall–Kier alpha value is -3.26. The number of anilines is 1. The molecule has 1 fully saturated rings. The van der Waals surface area contributed by atoms with E-state index in [0.29, 0.717) is 17.3 Å². The average Bonchev–Trinajstić information content (AvgIpc) is 3.31. The summed E-state index contributed by atoms with van der Waals surface area (Å²) in [5.74, 6) is -0.495. The Labute approximate surface area is 179 Å². The quantitative estimate of drug-likeness (QED) is 0.594. The van der Waals surface area contributed by atoms with Crippen LogP contribution in [-0.2, 0) is 11.8 Å². The number of amides is 1. The van der Waals surface area contributed by atoms with E-state index in [1.54, 1.807) is 18.3 Å². The van der Waals surface area contributed by atoms with E-state index in [2.05, 4.69) is 27.9 Å². The lowest BCUT2D eigenvalue weighted by molar-refractivity contribution is -0.116. The van der Waals surface area contributed by atoms with Crippen LogP contribution in [0.1, 0.15) is 29.8 Å². The molecule has 2 atom stereocenters.